The van der Waals surface area contributed by atoms with Gasteiger partial charge in [-0.3, -0.25) is 9.11 Å². The maximum Gasteiger partial charge on any atom is 0.0991 e. The lowest BCUT2D eigenvalue weighted by Crippen LogP contribution is -2.51. The second-order valence-electron chi connectivity index (χ2n) is 7.69. The van der Waals surface area contributed by atoms with Gasteiger partial charge in [-0.1, -0.05) is 30.3 Å². The van der Waals surface area contributed by atoms with Crippen LogP contribution in [0.4, 0.5) is 5.69 Å². The van der Waals surface area contributed by atoms with E-state index in [1.807, 2.05) is 59.1 Å². The summed E-state index contributed by atoms with van der Waals surface area (Å²) in [5, 5.41) is 20.0. The summed E-state index contributed by atoms with van der Waals surface area (Å²) in [6.07, 6.45) is 1.95. The van der Waals surface area contributed by atoms with Crippen LogP contribution in [0.25, 0.3) is 0 Å². The first-order valence-corrected chi connectivity index (χ1v) is 11.4. The molecule has 2 saturated heterocycles. The molecule has 0 aromatic heterocycles. The molecule has 2 aliphatic rings. The van der Waals surface area contributed by atoms with Crippen LogP contribution >= 0.6 is 0 Å². The van der Waals surface area contributed by atoms with Crippen molar-refractivity contribution in [1.82, 2.24) is 4.90 Å². The molecule has 0 saturated carbocycles. The van der Waals surface area contributed by atoms with Gasteiger partial charge in [0.2, 0.25) is 0 Å². The monoisotopic (exact) mass is 383 g/mol. The lowest BCUT2D eigenvalue weighted by atomic mass is 10.0. The van der Waals surface area contributed by atoms with E-state index in [0.717, 1.165) is 24.2 Å². The minimum absolute atomic E-state index is 0.412. The van der Waals surface area contributed by atoms with Crippen molar-refractivity contribution in [3.8, 4) is 6.07 Å². The largest absolute Gasteiger partial charge is 0.390 e. The number of anilines is 1. The van der Waals surface area contributed by atoms with Crippen LogP contribution in [0.3, 0.4) is 0 Å². The summed E-state index contributed by atoms with van der Waals surface area (Å²) in [6.45, 7) is 2.53. The van der Waals surface area contributed by atoms with Crippen LogP contribution in [0.2, 0.25) is 0 Å². The topological polar surface area (TPSA) is 67.6 Å². The zero-order valence-corrected chi connectivity index (χ0v) is 16.3. The Morgan fingerprint density at radius 3 is 2.78 bits per heavy atom. The number of hydrogen-bond acceptors (Lipinski definition) is 4. The van der Waals surface area contributed by atoms with Crippen LogP contribution in [0.15, 0.2) is 54.6 Å². The first-order chi connectivity index (χ1) is 13.0. The van der Waals surface area contributed by atoms with Crippen molar-refractivity contribution in [3.05, 3.63) is 65.7 Å². The maximum absolute atomic E-state index is 13.9. The van der Waals surface area contributed by atoms with Gasteiger partial charge in [0.1, 0.15) is 0 Å². The molecule has 6 heteroatoms. The van der Waals surface area contributed by atoms with Crippen LogP contribution in [-0.2, 0) is 16.7 Å². The first-order valence-electron chi connectivity index (χ1n) is 9.26. The summed E-state index contributed by atoms with van der Waals surface area (Å²) >= 11 is 0. The summed E-state index contributed by atoms with van der Waals surface area (Å²) in [4.78, 5) is 2.25. The van der Waals surface area contributed by atoms with Gasteiger partial charge in [-0.2, -0.15) is 5.26 Å². The molecule has 0 aliphatic carbocycles. The van der Waals surface area contributed by atoms with Gasteiger partial charge in [-0.15, -0.1) is 0 Å². The van der Waals surface area contributed by atoms with Gasteiger partial charge >= 0.3 is 0 Å². The minimum atomic E-state index is -2.78. The predicted octanol–water partition coefficient (Wildman–Crippen LogP) is 1.95. The summed E-state index contributed by atoms with van der Waals surface area (Å²) in [7, 11) is -2.78. The van der Waals surface area contributed by atoms with Crippen molar-refractivity contribution in [1.29, 1.82) is 5.26 Å². The van der Waals surface area contributed by atoms with E-state index in [0.29, 0.717) is 25.2 Å². The Balaban J connectivity index is 1.57. The minimum Gasteiger partial charge on any atom is -0.390 e. The molecule has 2 heterocycles. The average Bonchev–Trinajstić information content (AvgIpc) is 3.19. The number of likely N-dealkylation sites (tertiary alicyclic amines) is 1. The SMILES string of the molecule is C[SH]1(=O)N(c2ccccc2)C[C@H](O)[C@]12CCN(Cc1cccc(C#N)c1)C2. The summed E-state index contributed by atoms with van der Waals surface area (Å²) < 4.78 is 15.2. The zero-order valence-electron chi connectivity index (χ0n) is 15.5. The van der Waals surface area contributed by atoms with E-state index in [1.54, 1.807) is 6.07 Å². The van der Waals surface area contributed by atoms with Crippen molar-refractivity contribution in [2.24, 2.45) is 0 Å². The lowest BCUT2D eigenvalue weighted by molar-refractivity contribution is 0.144. The van der Waals surface area contributed by atoms with Crippen molar-refractivity contribution in [3.63, 3.8) is 0 Å². The second-order valence-corrected chi connectivity index (χ2v) is 10.8. The van der Waals surface area contributed by atoms with Crippen molar-refractivity contribution in [2.45, 2.75) is 23.8 Å². The third kappa shape index (κ3) is 2.96. The molecular formula is C21H25N3O2S. The van der Waals surface area contributed by atoms with Gasteiger partial charge < -0.3 is 9.41 Å². The Kier molecular flexibility index (Phi) is 4.55. The van der Waals surface area contributed by atoms with E-state index in [2.05, 4.69) is 11.0 Å². The number of para-hydroxylation sites is 1. The Labute approximate surface area is 161 Å². The lowest BCUT2D eigenvalue weighted by Gasteiger charge is -2.39. The molecule has 4 rings (SSSR count). The van der Waals surface area contributed by atoms with Gasteiger partial charge in [0, 0.05) is 31.6 Å². The molecule has 2 aromatic rings. The van der Waals surface area contributed by atoms with E-state index < -0.39 is 21.0 Å². The molecule has 27 heavy (non-hydrogen) atoms. The number of thiol groups is 1. The fraction of sp³-hybridized carbons (Fsp3) is 0.381. The number of hydrogen-bond donors (Lipinski definition) is 2. The van der Waals surface area contributed by atoms with Crippen molar-refractivity contribution in [2.75, 3.05) is 30.2 Å². The van der Waals surface area contributed by atoms with E-state index in [1.165, 1.54) is 0 Å². The Morgan fingerprint density at radius 2 is 2.04 bits per heavy atom. The third-order valence-corrected chi connectivity index (χ3v) is 9.76. The van der Waals surface area contributed by atoms with Crippen LogP contribution < -0.4 is 4.31 Å². The molecule has 0 unspecified atom stereocenters. The number of nitrogens with zero attached hydrogens (tertiary/aromatic N) is 3. The average molecular weight is 384 g/mol. The number of aliphatic hydroxyl groups excluding tert-OH is 1. The summed E-state index contributed by atoms with van der Waals surface area (Å²) in [5.41, 5.74) is 2.64. The highest BCUT2D eigenvalue weighted by Gasteiger charge is 2.58. The normalized spacial score (nSPS) is 28.3. The van der Waals surface area contributed by atoms with Gasteiger partial charge in [-0.25, -0.2) is 0 Å². The van der Waals surface area contributed by atoms with E-state index in [-0.39, 0.29) is 0 Å². The predicted molar refractivity (Wildman–Crippen MR) is 109 cm³/mol. The van der Waals surface area contributed by atoms with Gasteiger partial charge in [-0.05, 0) is 46.4 Å². The molecule has 2 aromatic carbocycles. The summed E-state index contributed by atoms with van der Waals surface area (Å²) in [6, 6.07) is 19.5. The fourth-order valence-corrected chi connectivity index (χ4v) is 7.71. The molecule has 5 nitrogen and oxygen atoms in total. The Morgan fingerprint density at radius 1 is 1.26 bits per heavy atom. The quantitative estimate of drug-likeness (QED) is 0.795. The second kappa shape index (κ2) is 6.75. The van der Waals surface area contributed by atoms with E-state index in [4.69, 9.17) is 5.26 Å². The fourth-order valence-electron chi connectivity index (χ4n) is 4.57. The number of benzene rings is 2. The van der Waals surface area contributed by atoms with Crippen LogP contribution in [-0.4, -0.2) is 51.0 Å². The molecule has 0 bridgehead atoms. The standard InChI is InChI=1S/C21H25N3O2S/c1-27(26)21(20(25)15-24(27)19-8-3-2-4-9-19)10-11-23(16-21)14-18-7-5-6-17(12-18)13-22/h2-9,12,20,25,27H,10-11,14-16H2,1H3/t20-,21+/m0/s1. The molecular weight excluding hydrogens is 358 g/mol. The molecule has 0 amide bonds. The number of β-amino-alcohol motifs (C(OH)–C–C–N with tert-alkyl or cyclic N) is 1. The van der Waals surface area contributed by atoms with Gasteiger partial charge in [0.15, 0.2) is 0 Å². The highest BCUT2D eigenvalue weighted by atomic mass is 32.3. The van der Waals surface area contributed by atoms with Crippen molar-refractivity contribution >= 4 is 15.8 Å². The zero-order chi connectivity index (χ0) is 19.1. The molecule has 2 atom stereocenters. The number of nitriles is 1. The van der Waals surface area contributed by atoms with E-state index >= 15 is 0 Å². The molecule has 0 radical (unpaired) electrons. The highest BCUT2D eigenvalue weighted by Crippen LogP contribution is 2.46. The van der Waals surface area contributed by atoms with E-state index in [9.17, 15) is 9.32 Å². The Bertz CT molecular complexity index is 927. The maximum atomic E-state index is 13.9. The van der Waals surface area contributed by atoms with Gasteiger partial charge in [0.05, 0.1) is 29.0 Å². The highest BCUT2D eigenvalue weighted by molar-refractivity contribution is 8.05. The number of aliphatic hydroxyl groups is 1. The van der Waals surface area contributed by atoms with Crippen LogP contribution in [0.5, 0.6) is 0 Å². The first kappa shape index (κ1) is 18.2. The van der Waals surface area contributed by atoms with Crippen LogP contribution in [0, 0.1) is 11.3 Å². The Hall–Kier alpha value is -2.20. The van der Waals surface area contributed by atoms with Crippen LogP contribution in [0.1, 0.15) is 17.5 Å². The van der Waals surface area contributed by atoms with Crippen molar-refractivity contribution < 1.29 is 9.32 Å². The molecule has 2 fully saturated rings. The third-order valence-electron chi connectivity index (χ3n) is 6.13. The molecule has 1 N–H and O–H groups in total. The number of rotatable bonds is 3. The summed E-state index contributed by atoms with van der Waals surface area (Å²) in [5.74, 6) is 0. The molecule has 142 valence electrons. The molecule has 2 aliphatic heterocycles. The smallest absolute Gasteiger partial charge is 0.0991 e. The molecule has 1 spiro atoms. The van der Waals surface area contributed by atoms with Gasteiger partial charge in [0.25, 0.3) is 0 Å².